The van der Waals surface area contributed by atoms with E-state index in [0.29, 0.717) is 12.6 Å². The summed E-state index contributed by atoms with van der Waals surface area (Å²) in [4.78, 5) is 11.8. The fraction of sp³-hybridized carbons (Fsp3) is 0.933. The largest absolute Gasteiger partial charge is 0.350 e. The molecule has 0 aliphatic heterocycles. The molecule has 1 aliphatic carbocycles. The van der Waals surface area contributed by atoms with E-state index in [1.54, 1.807) is 0 Å². The van der Waals surface area contributed by atoms with Gasteiger partial charge in [0.05, 0.1) is 6.54 Å². The summed E-state index contributed by atoms with van der Waals surface area (Å²) in [5.41, 5.74) is -0.0901. The van der Waals surface area contributed by atoms with E-state index in [2.05, 4.69) is 45.3 Å². The molecule has 18 heavy (non-hydrogen) atoms. The predicted molar refractivity (Wildman–Crippen MR) is 76.5 cm³/mol. The number of nitrogens with one attached hydrogen (secondary N) is 2. The minimum absolute atomic E-state index is 0.0901. The Balaban J connectivity index is 2.27. The first kappa shape index (κ1) is 15.5. The Bertz CT molecular complexity index is 276. The number of carbonyl (C=O) groups is 1. The van der Waals surface area contributed by atoms with Gasteiger partial charge in [-0.2, -0.15) is 0 Å². The molecule has 3 unspecified atom stereocenters. The molecule has 0 aromatic heterocycles. The Labute approximate surface area is 112 Å². The number of hydrogen-bond donors (Lipinski definition) is 2. The van der Waals surface area contributed by atoms with Crippen LogP contribution >= 0.6 is 0 Å². The van der Waals surface area contributed by atoms with Crippen molar-refractivity contribution in [2.75, 3.05) is 6.54 Å². The lowest BCUT2D eigenvalue weighted by atomic mass is 9.79. The van der Waals surface area contributed by atoms with Crippen LogP contribution in [0, 0.1) is 11.8 Å². The molecule has 0 saturated heterocycles. The summed E-state index contributed by atoms with van der Waals surface area (Å²) in [6.07, 6.45) is 4.64. The molecule has 0 radical (unpaired) electrons. The van der Waals surface area contributed by atoms with Crippen LogP contribution in [0.3, 0.4) is 0 Å². The highest BCUT2D eigenvalue weighted by atomic mass is 16.2. The zero-order valence-corrected chi connectivity index (χ0v) is 12.7. The SMILES string of the molecule is CCC(C)(C)NC(=O)CNC1CCC(C)C(C)C1. The maximum atomic E-state index is 11.8. The van der Waals surface area contributed by atoms with Crippen LogP contribution in [0.5, 0.6) is 0 Å². The van der Waals surface area contributed by atoms with Gasteiger partial charge in [-0.15, -0.1) is 0 Å². The summed E-state index contributed by atoms with van der Waals surface area (Å²) in [6.45, 7) is 11.3. The van der Waals surface area contributed by atoms with Gasteiger partial charge in [-0.1, -0.05) is 20.8 Å². The fourth-order valence-electron chi connectivity index (χ4n) is 2.48. The van der Waals surface area contributed by atoms with Crippen LogP contribution < -0.4 is 10.6 Å². The van der Waals surface area contributed by atoms with Crippen LogP contribution in [-0.4, -0.2) is 24.0 Å². The quantitative estimate of drug-likeness (QED) is 0.792. The Kier molecular flexibility index (Phi) is 5.64. The molecule has 3 nitrogen and oxygen atoms in total. The minimum Gasteiger partial charge on any atom is -0.350 e. The molecule has 1 rings (SSSR count). The van der Waals surface area contributed by atoms with Gasteiger partial charge in [0, 0.05) is 11.6 Å². The zero-order valence-electron chi connectivity index (χ0n) is 12.7. The van der Waals surface area contributed by atoms with E-state index >= 15 is 0 Å². The van der Waals surface area contributed by atoms with Crippen molar-refractivity contribution in [3.05, 3.63) is 0 Å². The molecule has 3 heteroatoms. The van der Waals surface area contributed by atoms with E-state index in [0.717, 1.165) is 18.3 Å². The van der Waals surface area contributed by atoms with Gasteiger partial charge in [-0.25, -0.2) is 0 Å². The maximum Gasteiger partial charge on any atom is 0.234 e. The third kappa shape index (κ3) is 4.97. The summed E-state index contributed by atoms with van der Waals surface area (Å²) in [6, 6.07) is 0.520. The van der Waals surface area contributed by atoms with Crippen LogP contribution in [0.2, 0.25) is 0 Å². The van der Waals surface area contributed by atoms with Crippen molar-refractivity contribution in [1.29, 1.82) is 0 Å². The molecule has 0 spiro atoms. The van der Waals surface area contributed by atoms with Crippen molar-refractivity contribution in [2.45, 2.75) is 71.9 Å². The monoisotopic (exact) mass is 254 g/mol. The second-order valence-electron chi connectivity index (χ2n) is 6.63. The lowest BCUT2D eigenvalue weighted by Gasteiger charge is -2.33. The summed E-state index contributed by atoms with van der Waals surface area (Å²) in [7, 11) is 0. The van der Waals surface area contributed by atoms with E-state index in [1.165, 1.54) is 19.3 Å². The van der Waals surface area contributed by atoms with Crippen molar-refractivity contribution in [1.82, 2.24) is 10.6 Å². The van der Waals surface area contributed by atoms with E-state index in [1.807, 2.05) is 0 Å². The molecule has 1 amide bonds. The molecule has 106 valence electrons. The Morgan fingerprint density at radius 2 is 1.89 bits per heavy atom. The maximum absolute atomic E-state index is 11.8. The van der Waals surface area contributed by atoms with Crippen LogP contribution in [-0.2, 0) is 4.79 Å². The Morgan fingerprint density at radius 3 is 2.44 bits per heavy atom. The topological polar surface area (TPSA) is 41.1 Å². The van der Waals surface area contributed by atoms with Crippen molar-refractivity contribution in [2.24, 2.45) is 11.8 Å². The standard InChI is InChI=1S/C15H30N2O/c1-6-15(4,5)17-14(18)10-16-13-8-7-11(2)12(3)9-13/h11-13,16H,6-10H2,1-5H3,(H,17,18). The van der Waals surface area contributed by atoms with Crippen molar-refractivity contribution in [3.8, 4) is 0 Å². The highest BCUT2D eigenvalue weighted by Crippen LogP contribution is 2.29. The lowest BCUT2D eigenvalue weighted by Crippen LogP contribution is -2.48. The predicted octanol–water partition coefficient (Wildman–Crippen LogP) is 2.71. The average molecular weight is 254 g/mol. The van der Waals surface area contributed by atoms with E-state index in [-0.39, 0.29) is 11.4 Å². The summed E-state index contributed by atoms with van der Waals surface area (Å²) in [5.74, 6) is 1.72. The smallest absolute Gasteiger partial charge is 0.234 e. The number of carbonyl (C=O) groups excluding carboxylic acids is 1. The number of rotatable bonds is 5. The highest BCUT2D eigenvalue weighted by molar-refractivity contribution is 5.78. The van der Waals surface area contributed by atoms with Crippen LogP contribution in [0.15, 0.2) is 0 Å². The Hall–Kier alpha value is -0.570. The molecule has 2 N–H and O–H groups in total. The van der Waals surface area contributed by atoms with Gasteiger partial charge in [0.15, 0.2) is 0 Å². The third-order valence-corrected chi connectivity index (χ3v) is 4.51. The van der Waals surface area contributed by atoms with Gasteiger partial charge in [-0.05, 0) is 51.4 Å². The second-order valence-corrected chi connectivity index (χ2v) is 6.63. The fourth-order valence-corrected chi connectivity index (χ4v) is 2.48. The van der Waals surface area contributed by atoms with E-state index in [9.17, 15) is 4.79 Å². The van der Waals surface area contributed by atoms with Gasteiger partial charge in [0.2, 0.25) is 5.91 Å². The first-order chi connectivity index (χ1) is 8.34. The molecule has 0 aromatic rings. The van der Waals surface area contributed by atoms with Gasteiger partial charge in [-0.3, -0.25) is 4.79 Å². The van der Waals surface area contributed by atoms with Gasteiger partial charge in [0.1, 0.15) is 0 Å². The first-order valence-electron chi connectivity index (χ1n) is 7.38. The van der Waals surface area contributed by atoms with Crippen LogP contribution in [0.25, 0.3) is 0 Å². The molecule has 3 atom stereocenters. The van der Waals surface area contributed by atoms with Crippen LogP contribution in [0.4, 0.5) is 0 Å². The normalized spacial score (nSPS) is 29.1. The molecule has 1 fully saturated rings. The van der Waals surface area contributed by atoms with Crippen LogP contribution in [0.1, 0.15) is 60.3 Å². The van der Waals surface area contributed by atoms with Crippen molar-refractivity contribution < 1.29 is 4.79 Å². The number of hydrogen-bond acceptors (Lipinski definition) is 2. The van der Waals surface area contributed by atoms with Gasteiger partial charge in [0.25, 0.3) is 0 Å². The molecular formula is C15H30N2O. The molecule has 0 bridgehead atoms. The average Bonchev–Trinajstić information content (AvgIpc) is 2.30. The molecular weight excluding hydrogens is 224 g/mol. The third-order valence-electron chi connectivity index (χ3n) is 4.51. The minimum atomic E-state index is -0.0901. The van der Waals surface area contributed by atoms with Crippen molar-refractivity contribution in [3.63, 3.8) is 0 Å². The van der Waals surface area contributed by atoms with E-state index in [4.69, 9.17) is 0 Å². The zero-order chi connectivity index (χ0) is 13.8. The van der Waals surface area contributed by atoms with E-state index < -0.39 is 0 Å². The lowest BCUT2D eigenvalue weighted by molar-refractivity contribution is -0.122. The van der Waals surface area contributed by atoms with Gasteiger partial charge >= 0.3 is 0 Å². The molecule has 1 saturated carbocycles. The number of amides is 1. The summed E-state index contributed by atoms with van der Waals surface area (Å²) in [5, 5.41) is 6.47. The highest BCUT2D eigenvalue weighted by Gasteiger charge is 2.25. The summed E-state index contributed by atoms with van der Waals surface area (Å²) >= 11 is 0. The molecule has 1 aliphatic rings. The molecule has 0 aromatic carbocycles. The molecule has 0 heterocycles. The first-order valence-corrected chi connectivity index (χ1v) is 7.38. The Morgan fingerprint density at radius 1 is 1.22 bits per heavy atom. The van der Waals surface area contributed by atoms with Gasteiger partial charge < -0.3 is 10.6 Å². The second kappa shape index (κ2) is 6.55. The van der Waals surface area contributed by atoms with Crippen molar-refractivity contribution >= 4 is 5.91 Å². The summed E-state index contributed by atoms with van der Waals surface area (Å²) < 4.78 is 0.